The van der Waals surface area contributed by atoms with E-state index < -0.39 is 5.25 Å². The van der Waals surface area contributed by atoms with Crippen LogP contribution in [0.4, 0.5) is 16.4 Å². The van der Waals surface area contributed by atoms with Gasteiger partial charge < -0.3 is 16.0 Å². The summed E-state index contributed by atoms with van der Waals surface area (Å²) in [5.41, 5.74) is 2.68. The van der Waals surface area contributed by atoms with Gasteiger partial charge in [0.15, 0.2) is 0 Å². The van der Waals surface area contributed by atoms with Crippen molar-refractivity contribution in [1.82, 2.24) is 0 Å². The van der Waals surface area contributed by atoms with Crippen LogP contribution < -0.4 is 16.0 Å². The molecule has 0 radical (unpaired) electrons. The maximum absolute atomic E-state index is 13.8. The van der Waals surface area contributed by atoms with E-state index in [-0.39, 0.29) is 28.7 Å². The second kappa shape index (κ2) is 13.5. The average molecular weight is 597 g/mol. The lowest BCUT2D eigenvalue weighted by atomic mass is 9.92. The van der Waals surface area contributed by atoms with Crippen molar-refractivity contribution >= 4 is 57.2 Å². The first-order valence-corrected chi connectivity index (χ1v) is 15.1. The molecule has 0 saturated carbocycles. The van der Waals surface area contributed by atoms with Crippen molar-refractivity contribution in [3.63, 3.8) is 0 Å². The van der Waals surface area contributed by atoms with Gasteiger partial charge in [-0.25, -0.2) is 0 Å². The van der Waals surface area contributed by atoms with Crippen molar-refractivity contribution in [3.05, 3.63) is 106 Å². The number of benzene rings is 3. The fourth-order valence-electron chi connectivity index (χ4n) is 4.21. The lowest BCUT2D eigenvalue weighted by Crippen LogP contribution is -2.20. The van der Waals surface area contributed by atoms with Crippen molar-refractivity contribution < 1.29 is 14.4 Å². The van der Waals surface area contributed by atoms with E-state index in [2.05, 4.69) is 22.0 Å². The Morgan fingerprint density at radius 3 is 2.17 bits per heavy atom. The molecule has 1 unspecified atom stereocenters. The highest BCUT2D eigenvalue weighted by atomic mass is 32.2. The maximum atomic E-state index is 13.8. The zero-order chi connectivity index (χ0) is 30.3. The molecule has 0 aliphatic heterocycles. The second-order valence-corrected chi connectivity index (χ2v) is 13.1. The van der Waals surface area contributed by atoms with Gasteiger partial charge in [0.25, 0.3) is 5.91 Å². The van der Waals surface area contributed by atoms with Gasteiger partial charge in [0.1, 0.15) is 16.3 Å². The summed E-state index contributed by atoms with van der Waals surface area (Å²) < 4.78 is 0. The van der Waals surface area contributed by atoms with Crippen LogP contribution in [-0.2, 0) is 9.59 Å². The van der Waals surface area contributed by atoms with Crippen LogP contribution in [0.5, 0.6) is 0 Å². The molecular weight excluding hydrogens is 565 g/mol. The molecule has 1 heterocycles. The van der Waals surface area contributed by atoms with E-state index in [0.29, 0.717) is 33.2 Å². The number of hydrogen-bond donors (Lipinski definition) is 3. The summed E-state index contributed by atoms with van der Waals surface area (Å²) in [7, 11) is 0. The number of thiophene rings is 1. The van der Waals surface area contributed by atoms with Crippen LogP contribution in [0.25, 0.3) is 0 Å². The molecule has 0 spiro atoms. The Balaban J connectivity index is 1.57. The zero-order valence-electron chi connectivity index (χ0n) is 23.9. The van der Waals surface area contributed by atoms with Crippen molar-refractivity contribution in [3.8, 4) is 6.07 Å². The quantitative estimate of drug-likeness (QED) is 0.169. The van der Waals surface area contributed by atoms with E-state index in [1.807, 2.05) is 93.6 Å². The van der Waals surface area contributed by atoms with Gasteiger partial charge in [-0.05, 0) is 53.8 Å². The Labute approximate surface area is 254 Å². The van der Waals surface area contributed by atoms with Gasteiger partial charge in [0.2, 0.25) is 11.8 Å². The van der Waals surface area contributed by atoms with Gasteiger partial charge in [0, 0.05) is 22.7 Å². The number of anilines is 3. The molecule has 0 aliphatic carbocycles. The molecule has 4 rings (SSSR count). The van der Waals surface area contributed by atoms with Crippen LogP contribution in [0, 0.1) is 23.7 Å². The molecule has 1 aromatic heterocycles. The topological polar surface area (TPSA) is 111 Å². The van der Waals surface area contributed by atoms with Crippen molar-refractivity contribution in [1.29, 1.82) is 5.26 Å². The van der Waals surface area contributed by atoms with Crippen LogP contribution in [0.2, 0.25) is 0 Å². The first kappa shape index (κ1) is 30.6. The first-order valence-electron chi connectivity index (χ1n) is 13.4. The number of carbonyl (C=O) groups excluding carboxylic acids is 3. The number of nitriles is 1. The lowest BCUT2D eigenvalue weighted by molar-refractivity contribution is -0.118. The number of amides is 3. The van der Waals surface area contributed by atoms with E-state index >= 15 is 0 Å². The fourth-order valence-corrected chi connectivity index (χ4v) is 6.35. The number of nitrogens with zero attached hydrogens (tertiary/aromatic N) is 1. The van der Waals surface area contributed by atoms with Gasteiger partial charge in [-0.3, -0.25) is 14.4 Å². The third kappa shape index (κ3) is 8.09. The maximum Gasteiger partial charge on any atom is 0.266 e. The molecule has 214 valence electrons. The lowest BCUT2D eigenvalue weighted by Gasteiger charge is -2.18. The average Bonchev–Trinajstić information content (AvgIpc) is 3.26. The molecule has 42 heavy (non-hydrogen) atoms. The highest BCUT2D eigenvalue weighted by Gasteiger charge is 2.27. The van der Waals surface area contributed by atoms with Gasteiger partial charge in [-0.2, -0.15) is 5.26 Å². The Morgan fingerprint density at radius 2 is 1.52 bits per heavy atom. The van der Waals surface area contributed by atoms with Crippen LogP contribution >= 0.6 is 23.1 Å². The van der Waals surface area contributed by atoms with Crippen molar-refractivity contribution in [2.75, 3.05) is 16.0 Å². The van der Waals surface area contributed by atoms with E-state index in [4.69, 9.17) is 0 Å². The van der Waals surface area contributed by atoms with Crippen molar-refractivity contribution in [2.24, 2.45) is 5.41 Å². The van der Waals surface area contributed by atoms with Gasteiger partial charge in [-0.15, -0.1) is 23.1 Å². The Morgan fingerprint density at radius 1 is 0.881 bits per heavy atom. The highest BCUT2D eigenvalue weighted by molar-refractivity contribution is 8.00. The third-order valence-corrected chi connectivity index (χ3v) is 8.59. The number of rotatable bonds is 9. The standard InChI is InChI=1S/C33H32N4O3S2/c1-21-26(20-34)32(42-28(21)30(39)36-23-14-9-6-10-15-23)37-31(40)29(22-12-7-5-8-13-22)41-25-17-11-16-24(18-25)35-27(38)19-33(2,3)4/h5-18,29H,19H2,1-4H3,(H,35,38)(H,36,39)(H,37,40). The molecule has 0 saturated heterocycles. The third-order valence-electron chi connectivity index (χ3n) is 6.14. The predicted octanol–water partition coefficient (Wildman–Crippen LogP) is 8.03. The molecule has 1 atom stereocenters. The summed E-state index contributed by atoms with van der Waals surface area (Å²) >= 11 is 2.41. The monoisotopic (exact) mass is 596 g/mol. The number of carbonyl (C=O) groups is 3. The smallest absolute Gasteiger partial charge is 0.266 e. The van der Waals surface area contributed by atoms with Gasteiger partial charge in [0.05, 0.1) is 10.4 Å². The van der Waals surface area contributed by atoms with Crippen molar-refractivity contribution in [2.45, 2.75) is 44.3 Å². The van der Waals surface area contributed by atoms with E-state index in [9.17, 15) is 19.6 Å². The van der Waals surface area contributed by atoms with E-state index in [1.54, 1.807) is 19.1 Å². The molecule has 0 bridgehead atoms. The second-order valence-electron chi connectivity index (χ2n) is 10.9. The minimum Gasteiger partial charge on any atom is -0.326 e. The minimum atomic E-state index is -0.665. The number of para-hydroxylation sites is 1. The molecule has 7 nitrogen and oxygen atoms in total. The SMILES string of the molecule is Cc1c(C(=O)Nc2ccccc2)sc(NC(=O)C(Sc2cccc(NC(=O)CC(C)(C)C)c2)c2ccccc2)c1C#N. The number of nitrogens with one attached hydrogen (secondary N) is 3. The summed E-state index contributed by atoms with van der Waals surface area (Å²) in [5, 5.41) is 18.3. The summed E-state index contributed by atoms with van der Waals surface area (Å²) in [6, 6.07) is 27.9. The Kier molecular flexibility index (Phi) is 9.84. The molecule has 9 heteroatoms. The minimum absolute atomic E-state index is 0.0776. The summed E-state index contributed by atoms with van der Waals surface area (Å²) in [4.78, 5) is 40.5. The summed E-state index contributed by atoms with van der Waals surface area (Å²) in [6.07, 6.45) is 0.381. The van der Waals surface area contributed by atoms with Crippen LogP contribution in [-0.4, -0.2) is 17.7 Å². The predicted molar refractivity (Wildman–Crippen MR) is 171 cm³/mol. The molecule has 3 N–H and O–H groups in total. The fraction of sp³-hybridized carbons (Fsp3) is 0.212. The van der Waals surface area contributed by atoms with E-state index in [1.165, 1.54) is 11.8 Å². The molecule has 3 aromatic carbocycles. The molecule has 0 fully saturated rings. The highest BCUT2D eigenvalue weighted by Crippen LogP contribution is 2.39. The largest absolute Gasteiger partial charge is 0.326 e. The number of hydrogen-bond acceptors (Lipinski definition) is 6. The van der Waals surface area contributed by atoms with Gasteiger partial charge in [-0.1, -0.05) is 75.4 Å². The molecule has 3 amide bonds. The molecular formula is C33H32N4O3S2. The van der Waals surface area contributed by atoms with Crippen LogP contribution in [0.1, 0.15) is 58.8 Å². The summed E-state index contributed by atoms with van der Waals surface area (Å²) in [5.74, 6) is -0.757. The van der Waals surface area contributed by atoms with Crippen LogP contribution in [0.15, 0.2) is 89.8 Å². The Hall–Kier alpha value is -4.39. The zero-order valence-corrected chi connectivity index (χ0v) is 25.5. The summed E-state index contributed by atoms with van der Waals surface area (Å²) in [6.45, 7) is 7.72. The Bertz CT molecular complexity index is 1620. The van der Waals surface area contributed by atoms with E-state index in [0.717, 1.165) is 21.8 Å². The van der Waals surface area contributed by atoms with Gasteiger partial charge >= 0.3 is 0 Å². The molecule has 0 aliphatic rings. The van der Waals surface area contributed by atoms with Crippen LogP contribution in [0.3, 0.4) is 0 Å². The normalized spacial score (nSPS) is 11.7. The first-order chi connectivity index (χ1) is 20.0. The molecule has 4 aromatic rings. The number of thioether (sulfide) groups is 1.